The highest BCUT2D eigenvalue weighted by molar-refractivity contribution is 5.82. The van der Waals surface area contributed by atoms with Gasteiger partial charge in [0.25, 0.3) is 23.3 Å². The zero-order valence-corrected chi connectivity index (χ0v) is 53.5. The van der Waals surface area contributed by atoms with Gasteiger partial charge < -0.3 is 60.2 Å². The first-order valence-electron chi connectivity index (χ1n) is 31.5. The molecule has 490 valence electrons. The fourth-order valence-corrected chi connectivity index (χ4v) is 13.0. The molecule has 28 heteroatoms. The summed E-state index contributed by atoms with van der Waals surface area (Å²) in [5, 5.41) is 24.9. The molecule has 0 spiro atoms. The van der Waals surface area contributed by atoms with Gasteiger partial charge in [-0.1, -0.05) is 59.4 Å². The first-order valence-corrected chi connectivity index (χ1v) is 31.5. The van der Waals surface area contributed by atoms with Gasteiger partial charge in [-0.25, -0.2) is 28.1 Å². The van der Waals surface area contributed by atoms with Crippen molar-refractivity contribution in [3.63, 3.8) is 0 Å². The molecule has 0 saturated carbocycles. The van der Waals surface area contributed by atoms with E-state index in [-0.39, 0.29) is 60.4 Å². The normalized spacial score (nSPS) is 14.0. The highest BCUT2D eigenvalue weighted by Gasteiger charge is 2.27. The van der Waals surface area contributed by atoms with E-state index in [1.54, 1.807) is 91.1 Å². The molecule has 1 fully saturated rings. The Balaban J connectivity index is 0.000000126. The van der Waals surface area contributed by atoms with Crippen LogP contribution in [0.15, 0.2) is 104 Å². The average Bonchev–Trinajstić information content (AvgIpc) is 1.52. The van der Waals surface area contributed by atoms with Crippen molar-refractivity contribution < 1.29 is 27.4 Å². The molecular formula is C70H61F3N22O3. The molecule has 98 heavy (non-hydrogen) atoms. The van der Waals surface area contributed by atoms with Crippen molar-refractivity contribution in [3.05, 3.63) is 217 Å². The summed E-state index contributed by atoms with van der Waals surface area (Å²) >= 11 is 0. The summed E-state index contributed by atoms with van der Waals surface area (Å²) in [6.45, 7) is 35.5. The van der Waals surface area contributed by atoms with Crippen LogP contribution in [0, 0.1) is 50.7 Å². The number of nitrogens with zero attached hydrogens (tertiary/aromatic N) is 17. The van der Waals surface area contributed by atoms with Crippen molar-refractivity contribution in [1.82, 2.24) is 73.3 Å². The summed E-state index contributed by atoms with van der Waals surface area (Å²) in [5.41, 5.74) is 14.1. The summed E-state index contributed by atoms with van der Waals surface area (Å²) in [4.78, 5) is 40.9. The van der Waals surface area contributed by atoms with Crippen LogP contribution in [0.25, 0.3) is 70.0 Å². The molecule has 4 aliphatic heterocycles. The van der Waals surface area contributed by atoms with Crippen LogP contribution in [0.2, 0.25) is 0 Å². The van der Waals surface area contributed by atoms with Crippen molar-refractivity contribution in [2.75, 3.05) is 49.4 Å². The molecule has 0 radical (unpaired) electrons. The molecule has 0 amide bonds. The third-order valence-electron chi connectivity index (χ3n) is 17.7. The summed E-state index contributed by atoms with van der Waals surface area (Å²) in [6.07, 6.45) is 14.3. The Morgan fingerprint density at radius 1 is 0.531 bits per heavy atom. The molecule has 1 saturated heterocycles. The third-order valence-corrected chi connectivity index (χ3v) is 17.7. The molecule has 4 aromatic carbocycles. The van der Waals surface area contributed by atoms with E-state index in [1.807, 2.05) is 20.2 Å². The number of halogens is 3. The average molecular weight is 1320 g/mol. The molecule has 5 N–H and O–H groups in total. The first-order chi connectivity index (χ1) is 47.8. The fourth-order valence-electron chi connectivity index (χ4n) is 13.0. The molecule has 0 bridgehead atoms. The van der Waals surface area contributed by atoms with Crippen LogP contribution in [0.4, 0.5) is 54.3 Å². The van der Waals surface area contributed by atoms with Crippen molar-refractivity contribution >= 4 is 58.1 Å². The van der Waals surface area contributed by atoms with Gasteiger partial charge in [0.2, 0.25) is 34.8 Å². The van der Waals surface area contributed by atoms with Gasteiger partial charge in [0.15, 0.2) is 0 Å². The quantitative estimate of drug-likeness (QED) is 0.0601. The summed E-state index contributed by atoms with van der Waals surface area (Å²) < 4.78 is 68.8. The van der Waals surface area contributed by atoms with Gasteiger partial charge in [-0.15, -0.1) is 0 Å². The molecule has 8 aromatic heterocycles. The maximum Gasteiger partial charge on any atom is 0.296 e. The first kappa shape index (κ1) is 63.0. The number of nitrogens with one attached hydrogen (secondary N) is 5. The number of aromatic nitrogens is 13. The van der Waals surface area contributed by atoms with E-state index in [0.29, 0.717) is 120 Å². The second kappa shape index (κ2) is 26.8. The third kappa shape index (κ3) is 12.1. The van der Waals surface area contributed by atoms with E-state index in [0.717, 1.165) is 74.8 Å². The lowest BCUT2D eigenvalue weighted by atomic mass is 9.96. The van der Waals surface area contributed by atoms with Gasteiger partial charge in [0.05, 0.1) is 60.6 Å². The highest BCUT2D eigenvalue weighted by Crippen LogP contribution is 2.38. The Kier molecular flexibility index (Phi) is 17.2. The minimum atomic E-state index is -0.307. The molecule has 0 unspecified atom stereocenters. The second-order valence-electron chi connectivity index (χ2n) is 23.6. The molecule has 12 heterocycles. The number of rotatable bonds is 15. The zero-order chi connectivity index (χ0) is 67.7. The van der Waals surface area contributed by atoms with Crippen LogP contribution in [0.5, 0.6) is 17.2 Å². The standard InChI is InChI=1S/C27H25FN6O.C22H21FN8O.C21H15FN8O/c1-16-12-17(23-4-3-10-30-23)5-6-18(16)21-14-32-27(34-15-25(29-2)33-26(21)34)31-13-20-19-9-11-35-24(19)8-7-22(20)28;1-24-9-13-8-18(30(3)29-13)16-11-27-22(31-12-20(25-2)28-21(16)31)26-10-15-14-6-7-32-19(14)5-4-17(15)23;1-23-18-8-16(29(3)28-18)14-10-26-21(30-11-19(24-2)27-20(14)30)25-9-13-12-6-7-31-17(12)5-4-15(13)22/h5-8,12,14-15,23,30H,3-4,9-11,13H2,1H3,(H,31,32);4-5,8,11-12,24H,6-7,9-10H2,1,3H3,(H,26,27);4-5,8,10-11H,6-7,9H2,3H3,(H,25,26)/t23-;;/m1../s1. The van der Waals surface area contributed by atoms with Crippen molar-refractivity contribution in [2.45, 2.75) is 71.2 Å². The molecule has 16 rings (SSSR count). The summed E-state index contributed by atoms with van der Waals surface area (Å²) in [7, 11) is 5.45. The lowest BCUT2D eigenvalue weighted by Gasteiger charge is -2.15. The molecule has 4 aliphatic rings. The Labute approximate surface area is 559 Å². The zero-order valence-electron chi connectivity index (χ0n) is 53.5. The maximum absolute atomic E-state index is 14.6. The highest BCUT2D eigenvalue weighted by atomic mass is 19.1. The molecule has 1 atom stereocenters. The number of benzene rings is 4. The van der Waals surface area contributed by atoms with Gasteiger partial charge in [0.1, 0.15) is 34.7 Å². The van der Waals surface area contributed by atoms with E-state index in [1.165, 1.54) is 30.2 Å². The molecule has 12 aromatic rings. The predicted molar refractivity (Wildman–Crippen MR) is 360 cm³/mol. The molecule has 0 aliphatic carbocycles. The Morgan fingerprint density at radius 3 is 1.39 bits per heavy atom. The van der Waals surface area contributed by atoms with Crippen molar-refractivity contribution in [3.8, 4) is 50.9 Å². The summed E-state index contributed by atoms with van der Waals surface area (Å²) in [5.74, 6) is 3.70. The van der Waals surface area contributed by atoms with E-state index in [4.69, 9.17) is 40.5 Å². The van der Waals surface area contributed by atoms with Gasteiger partial charge >= 0.3 is 0 Å². The van der Waals surface area contributed by atoms with Crippen LogP contribution in [-0.2, 0) is 59.5 Å². The van der Waals surface area contributed by atoms with Crippen LogP contribution in [0.3, 0.4) is 0 Å². The number of aryl methyl sites for hydroxylation is 3. The molecule has 25 nitrogen and oxygen atoms in total. The summed E-state index contributed by atoms with van der Waals surface area (Å²) in [6, 6.07) is 19.8. The van der Waals surface area contributed by atoms with Gasteiger partial charge in [0, 0.05) is 129 Å². The number of fused-ring (bicyclic) bond motifs is 6. The number of imidazole rings is 3. The van der Waals surface area contributed by atoms with Crippen LogP contribution in [-0.4, -0.2) is 96.1 Å². The van der Waals surface area contributed by atoms with E-state index in [2.05, 4.69) is 111 Å². The smallest absolute Gasteiger partial charge is 0.296 e. The van der Waals surface area contributed by atoms with Crippen molar-refractivity contribution in [2.24, 2.45) is 14.1 Å². The topological polar surface area (TPSA) is 231 Å². The van der Waals surface area contributed by atoms with Gasteiger partial charge in [-0.3, -0.25) is 17.9 Å². The van der Waals surface area contributed by atoms with Crippen LogP contribution >= 0.6 is 0 Å². The largest absolute Gasteiger partial charge is 0.493 e. The van der Waals surface area contributed by atoms with Gasteiger partial charge in [-0.2, -0.15) is 9.78 Å². The number of ether oxygens (including phenoxy) is 3. The monoisotopic (exact) mass is 1310 g/mol. The lowest BCUT2D eigenvalue weighted by molar-refractivity contribution is 0.356. The number of anilines is 3. The Bertz CT molecular complexity index is 5300. The van der Waals surface area contributed by atoms with Crippen molar-refractivity contribution in [1.29, 1.82) is 0 Å². The van der Waals surface area contributed by atoms with Crippen LogP contribution in [0.1, 0.15) is 69.1 Å². The van der Waals surface area contributed by atoms with Crippen LogP contribution < -0.4 is 40.8 Å². The minimum Gasteiger partial charge on any atom is -0.493 e. The number of hydrogen-bond acceptors (Lipinski definition) is 16. The minimum absolute atomic E-state index is 0.199. The second-order valence-corrected chi connectivity index (χ2v) is 23.6. The van der Waals surface area contributed by atoms with Gasteiger partial charge in [-0.05, 0) is 104 Å². The van der Waals surface area contributed by atoms with E-state index >= 15 is 0 Å². The van der Waals surface area contributed by atoms with E-state index < -0.39 is 0 Å². The molecular weight excluding hydrogens is 1250 g/mol. The van der Waals surface area contributed by atoms with E-state index in [9.17, 15) is 13.2 Å². The lowest BCUT2D eigenvalue weighted by Crippen LogP contribution is -2.13. The predicted octanol–water partition coefficient (Wildman–Crippen LogP) is 12.4. The Hall–Kier alpha value is -12.4. The fraction of sp³-hybridized carbons (Fsp3) is 0.257. The maximum atomic E-state index is 14.6. The SMILES string of the molecule is [C-]#[N+]c1cn2c(NCc3c(F)ccc4c3CCO4)ncc(-c3cc(CNC)nn3C)c2n1.[C-]#[N+]c1cn2c(NCc3c(F)ccc4c3CCO4)ncc(-c3cc([N+]#[C-])nn3C)c2n1.[C-]#[N+]c1cn2c(NCc3c(F)ccc4c3CCO4)ncc(-c3ccc([C@H]4CCCN4)cc3C)c2n1. The Morgan fingerprint density at radius 2 is 0.969 bits per heavy atom. The number of hydrogen-bond donors (Lipinski definition) is 5.